The van der Waals surface area contributed by atoms with Crippen molar-refractivity contribution in [2.75, 3.05) is 27.2 Å². The van der Waals surface area contributed by atoms with E-state index in [0.29, 0.717) is 0 Å². The maximum absolute atomic E-state index is 3.89. The summed E-state index contributed by atoms with van der Waals surface area (Å²) in [5.74, 6) is 0.856. The van der Waals surface area contributed by atoms with E-state index < -0.39 is 0 Å². The van der Waals surface area contributed by atoms with Crippen molar-refractivity contribution in [1.82, 2.24) is 15.5 Å². The van der Waals surface area contributed by atoms with Crippen LogP contribution in [-0.4, -0.2) is 49.7 Å². The second kappa shape index (κ2) is 6.55. The molecule has 0 spiro atoms. The second-order valence-corrected chi connectivity index (χ2v) is 7.35. The number of rotatable bonds is 5. The molecule has 2 N–H and O–H groups in total. The normalized spacial score (nSPS) is 33.0. The Morgan fingerprint density at radius 3 is 2.47 bits per heavy atom. The highest BCUT2D eigenvalue weighted by molar-refractivity contribution is 4.93. The van der Waals surface area contributed by atoms with Crippen LogP contribution in [-0.2, 0) is 0 Å². The van der Waals surface area contributed by atoms with Gasteiger partial charge in [-0.3, -0.25) is 0 Å². The van der Waals surface area contributed by atoms with Crippen molar-refractivity contribution in [1.29, 1.82) is 0 Å². The van der Waals surface area contributed by atoms with Crippen molar-refractivity contribution in [3.8, 4) is 0 Å². The van der Waals surface area contributed by atoms with Gasteiger partial charge in [0.15, 0.2) is 0 Å². The van der Waals surface area contributed by atoms with Crippen LogP contribution in [0.5, 0.6) is 0 Å². The van der Waals surface area contributed by atoms with Gasteiger partial charge in [-0.2, -0.15) is 0 Å². The lowest BCUT2D eigenvalue weighted by Crippen LogP contribution is -2.53. The van der Waals surface area contributed by atoms with Crippen molar-refractivity contribution in [2.24, 2.45) is 5.92 Å². The monoisotopic (exact) mass is 267 g/mol. The molecule has 0 aromatic rings. The molecule has 1 saturated heterocycles. The van der Waals surface area contributed by atoms with Gasteiger partial charge in [0.1, 0.15) is 0 Å². The standard InChI is InChI=1S/C16H33N3/c1-16(2,19(3)4)12-18-15-9-6-5-8-13(15)14-10-7-11-17-14/h13-15,17-18H,5-12H2,1-4H3. The molecular formula is C16H33N3. The largest absolute Gasteiger partial charge is 0.314 e. The van der Waals surface area contributed by atoms with Crippen LogP contribution in [0.1, 0.15) is 52.4 Å². The van der Waals surface area contributed by atoms with Crippen LogP contribution in [0.15, 0.2) is 0 Å². The van der Waals surface area contributed by atoms with Crippen LogP contribution in [0.3, 0.4) is 0 Å². The van der Waals surface area contributed by atoms with Crippen LogP contribution in [0, 0.1) is 5.92 Å². The molecule has 112 valence electrons. The summed E-state index contributed by atoms with van der Waals surface area (Å²) >= 11 is 0. The molecule has 2 rings (SSSR count). The predicted octanol–water partition coefficient (Wildman–Crippen LogP) is 2.23. The van der Waals surface area contributed by atoms with Gasteiger partial charge in [0.05, 0.1) is 0 Å². The summed E-state index contributed by atoms with van der Waals surface area (Å²) in [6.07, 6.45) is 8.38. The molecule has 3 atom stereocenters. The molecule has 19 heavy (non-hydrogen) atoms. The zero-order chi connectivity index (χ0) is 13.9. The molecule has 0 aromatic carbocycles. The van der Waals surface area contributed by atoms with Gasteiger partial charge >= 0.3 is 0 Å². The molecule has 0 bridgehead atoms. The maximum atomic E-state index is 3.89. The molecule has 3 heteroatoms. The van der Waals surface area contributed by atoms with E-state index in [1.165, 1.54) is 45.1 Å². The molecule has 2 fully saturated rings. The van der Waals surface area contributed by atoms with Crippen LogP contribution in [0.4, 0.5) is 0 Å². The Balaban J connectivity index is 1.88. The number of nitrogens with zero attached hydrogens (tertiary/aromatic N) is 1. The van der Waals surface area contributed by atoms with E-state index in [9.17, 15) is 0 Å². The van der Waals surface area contributed by atoms with Crippen LogP contribution < -0.4 is 10.6 Å². The van der Waals surface area contributed by atoms with Gasteiger partial charge in [-0.15, -0.1) is 0 Å². The Hall–Kier alpha value is -0.120. The van der Waals surface area contributed by atoms with Gasteiger partial charge in [-0.1, -0.05) is 12.8 Å². The third kappa shape index (κ3) is 3.93. The molecule has 1 aliphatic heterocycles. The summed E-state index contributed by atoms with van der Waals surface area (Å²) < 4.78 is 0. The molecule has 0 amide bonds. The fourth-order valence-corrected chi connectivity index (χ4v) is 3.51. The first-order valence-electron chi connectivity index (χ1n) is 8.15. The van der Waals surface area contributed by atoms with Gasteiger partial charge in [-0.05, 0) is 66.1 Å². The number of likely N-dealkylation sites (N-methyl/N-ethyl adjacent to an activating group) is 1. The summed E-state index contributed by atoms with van der Waals surface area (Å²) in [5.41, 5.74) is 0.241. The van der Waals surface area contributed by atoms with Crippen molar-refractivity contribution >= 4 is 0 Å². The highest BCUT2D eigenvalue weighted by Gasteiger charge is 2.34. The second-order valence-electron chi connectivity index (χ2n) is 7.35. The molecule has 3 nitrogen and oxygen atoms in total. The Labute approximate surface area is 119 Å². The summed E-state index contributed by atoms with van der Waals surface area (Å²) in [7, 11) is 4.36. The van der Waals surface area contributed by atoms with Crippen molar-refractivity contribution in [2.45, 2.75) is 70.0 Å². The van der Waals surface area contributed by atoms with Crippen molar-refractivity contribution in [3.05, 3.63) is 0 Å². The summed E-state index contributed by atoms with van der Waals surface area (Å²) in [5, 5.41) is 7.61. The van der Waals surface area contributed by atoms with E-state index in [-0.39, 0.29) is 5.54 Å². The SMILES string of the molecule is CN(C)C(C)(C)CNC1CCCCC1C1CCCN1. The first kappa shape index (κ1) is 15.3. The Bertz CT molecular complexity index is 269. The Morgan fingerprint density at radius 1 is 1.11 bits per heavy atom. The smallest absolute Gasteiger partial charge is 0.0271 e. The Morgan fingerprint density at radius 2 is 1.84 bits per heavy atom. The average molecular weight is 267 g/mol. The maximum Gasteiger partial charge on any atom is 0.0271 e. The predicted molar refractivity (Wildman–Crippen MR) is 82.5 cm³/mol. The van der Waals surface area contributed by atoms with E-state index in [1.807, 2.05) is 0 Å². The van der Waals surface area contributed by atoms with Crippen LogP contribution in [0.25, 0.3) is 0 Å². The van der Waals surface area contributed by atoms with Gasteiger partial charge < -0.3 is 15.5 Å². The van der Waals surface area contributed by atoms with E-state index in [1.54, 1.807) is 0 Å². The third-order valence-corrected chi connectivity index (χ3v) is 5.44. The van der Waals surface area contributed by atoms with E-state index in [4.69, 9.17) is 0 Å². The number of nitrogens with one attached hydrogen (secondary N) is 2. The van der Waals surface area contributed by atoms with Gasteiger partial charge in [0, 0.05) is 24.2 Å². The molecule has 2 aliphatic rings. The average Bonchev–Trinajstić information content (AvgIpc) is 2.90. The molecule has 3 unspecified atom stereocenters. The molecule has 1 aliphatic carbocycles. The summed E-state index contributed by atoms with van der Waals surface area (Å²) in [6, 6.07) is 1.50. The molecule has 0 aromatic heterocycles. The minimum Gasteiger partial charge on any atom is -0.314 e. The molecular weight excluding hydrogens is 234 g/mol. The lowest BCUT2D eigenvalue weighted by Gasteiger charge is -2.40. The highest BCUT2D eigenvalue weighted by Crippen LogP contribution is 2.30. The zero-order valence-corrected chi connectivity index (χ0v) is 13.3. The lowest BCUT2D eigenvalue weighted by atomic mass is 9.79. The van der Waals surface area contributed by atoms with Crippen molar-refractivity contribution < 1.29 is 0 Å². The number of hydrogen-bond acceptors (Lipinski definition) is 3. The highest BCUT2D eigenvalue weighted by atomic mass is 15.2. The lowest BCUT2D eigenvalue weighted by molar-refractivity contribution is 0.154. The van der Waals surface area contributed by atoms with E-state index >= 15 is 0 Å². The van der Waals surface area contributed by atoms with Gasteiger partial charge in [0.25, 0.3) is 0 Å². The first-order chi connectivity index (χ1) is 9.00. The minimum atomic E-state index is 0.241. The minimum absolute atomic E-state index is 0.241. The van der Waals surface area contributed by atoms with Gasteiger partial charge in [0.2, 0.25) is 0 Å². The molecule has 1 heterocycles. The summed E-state index contributed by atoms with van der Waals surface area (Å²) in [4.78, 5) is 2.33. The van der Waals surface area contributed by atoms with Gasteiger partial charge in [-0.25, -0.2) is 0 Å². The van der Waals surface area contributed by atoms with E-state index in [0.717, 1.165) is 24.5 Å². The zero-order valence-electron chi connectivity index (χ0n) is 13.3. The van der Waals surface area contributed by atoms with E-state index in [2.05, 4.69) is 43.5 Å². The van der Waals surface area contributed by atoms with Crippen LogP contribution >= 0.6 is 0 Å². The van der Waals surface area contributed by atoms with Crippen molar-refractivity contribution in [3.63, 3.8) is 0 Å². The quantitative estimate of drug-likeness (QED) is 0.800. The number of hydrogen-bond donors (Lipinski definition) is 2. The first-order valence-corrected chi connectivity index (χ1v) is 8.15. The summed E-state index contributed by atoms with van der Waals surface area (Å²) in [6.45, 7) is 6.97. The molecule has 1 saturated carbocycles. The topological polar surface area (TPSA) is 27.3 Å². The fourth-order valence-electron chi connectivity index (χ4n) is 3.51. The Kier molecular flexibility index (Phi) is 5.27. The fraction of sp³-hybridized carbons (Fsp3) is 1.00. The molecule has 0 radical (unpaired) electrons. The van der Waals surface area contributed by atoms with Crippen LogP contribution in [0.2, 0.25) is 0 Å². The third-order valence-electron chi connectivity index (χ3n) is 5.44.